The Kier molecular flexibility index (Phi) is 6.11. The molecule has 0 aliphatic heterocycles. The summed E-state index contributed by atoms with van der Waals surface area (Å²) in [5.74, 6) is 0.926. The third-order valence-corrected chi connectivity index (χ3v) is 4.02. The van der Waals surface area contributed by atoms with Gasteiger partial charge in [-0.15, -0.1) is 11.3 Å². The number of nitrogens with zero attached hydrogens (tertiary/aromatic N) is 3. The molecule has 0 atom stereocenters. The summed E-state index contributed by atoms with van der Waals surface area (Å²) in [4.78, 5) is 22.5. The molecule has 2 amide bonds. The number of carbonyl (C=O) groups excluding carboxylic acids is 1. The SMILES string of the molecule is CCN(CC)Cc1cccc(NC(=O)Nc2csc(Cl)n2)n1. The predicted octanol–water partition coefficient (Wildman–Crippen LogP) is 3.68. The predicted molar refractivity (Wildman–Crippen MR) is 90.6 cm³/mol. The van der Waals surface area contributed by atoms with E-state index in [1.165, 1.54) is 11.3 Å². The lowest BCUT2D eigenvalue weighted by atomic mass is 10.3. The summed E-state index contributed by atoms with van der Waals surface area (Å²) in [5, 5.41) is 6.97. The summed E-state index contributed by atoms with van der Waals surface area (Å²) in [5.41, 5.74) is 0.915. The number of anilines is 2. The number of thiazole rings is 1. The minimum Gasteiger partial charge on any atom is -0.298 e. The second-order valence-electron chi connectivity index (χ2n) is 4.54. The Balaban J connectivity index is 1.96. The first-order valence-corrected chi connectivity index (χ1v) is 8.23. The van der Waals surface area contributed by atoms with Gasteiger partial charge in [-0.25, -0.2) is 14.8 Å². The molecule has 2 aromatic rings. The van der Waals surface area contributed by atoms with E-state index in [1.54, 1.807) is 11.4 Å². The average molecular weight is 340 g/mol. The van der Waals surface area contributed by atoms with Crippen molar-refractivity contribution in [1.29, 1.82) is 0 Å². The van der Waals surface area contributed by atoms with Gasteiger partial charge in [0.15, 0.2) is 4.47 Å². The Morgan fingerprint density at radius 3 is 2.59 bits per heavy atom. The van der Waals surface area contributed by atoms with Gasteiger partial charge in [-0.05, 0) is 25.2 Å². The first-order chi connectivity index (χ1) is 10.6. The fourth-order valence-corrected chi connectivity index (χ4v) is 2.58. The van der Waals surface area contributed by atoms with Crippen LogP contribution in [0.2, 0.25) is 4.47 Å². The Morgan fingerprint density at radius 2 is 1.95 bits per heavy atom. The maximum atomic E-state index is 11.9. The lowest BCUT2D eigenvalue weighted by molar-refractivity contribution is 0.262. The zero-order chi connectivity index (χ0) is 15.9. The number of pyridine rings is 1. The van der Waals surface area contributed by atoms with Crippen LogP contribution in [0, 0.1) is 0 Å². The van der Waals surface area contributed by atoms with Crippen molar-refractivity contribution in [3.05, 3.63) is 33.7 Å². The Morgan fingerprint density at radius 1 is 1.23 bits per heavy atom. The number of carbonyl (C=O) groups is 1. The van der Waals surface area contributed by atoms with E-state index in [9.17, 15) is 4.79 Å². The van der Waals surface area contributed by atoms with E-state index in [-0.39, 0.29) is 0 Å². The lowest BCUT2D eigenvalue weighted by Crippen LogP contribution is -2.23. The molecule has 0 bridgehead atoms. The fourth-order valence-electron chi connectivity index (χ4n) is 1.89. The van der Waals surface area contributed by atoms with Crippen LogP contribution in [0.5, 0.6) is 0 Å². The number of hydrogen-bond donors (Lipinski definition) is 2. The molecule has 0 aromatic carbocycles. The molecule has 6 nitrogen and oxygen atoms in total. The average Bonchev–Trinajstić information content (AvgIpc) is 2.90. The number of aromatic nitrogens is 2. The van der Waals surface area contributed by atoms with Gasteiger partial charge in [0.05, 0.1) is 5.69 Å². The highest BCUT2D eigenvalue weighted by Crippen LogP contribution is 2.18. The molecular weight excluding hydrogens is 322 g/mol. The summed E-state index contributed by atoms with van der Waals surface area (Å²) in [6.45, 7) is 6.89. The highest BCUT2D eigenvalue weighted by Gasteiger charge is 2.08. The molecule has 0 unspecified atom stereocenters. The number of hydrogen-bond acceptors (Lipinski definition) is 5. The van der Waals surface area contributed by atoms with Crippen LogP contribution in [0.4, 0.5) is 16.4 Å². The molecule has 0 aliphatic carbocycles. The summed E-state index contributed by atoms with van der Waals surface area (Å²) in [6.07, 6.45) is 0. The van der Waals surface area contributed by atoms with E-state index in [0.29, 0.717) is 16.1 Å². The van der Waals surface area contributed by atoms with Crippen LogP contribution < -0.4 is 10.6 Å². The maximum Gasteiger partial charge on any atom is 0.326 e. The minimum atomic E-state index is -0.394. The zero-order valence-corrected chi connectivity index (χ0v) is 14.0. The van der Waals surface area contributed by atoms with E-state index >= 15 is 0 Å². The van der Waals surface area contributed by atoms with Gasteiger partial charge >= 0.3 is 6.03 Å². The Hall–Kier alpha value is -1.70. The second-order valence-corrected chi connectivity index (χ2v) is 5.98. The molecule has 0 aliphatic rings. The number of urea groups is 1. The van der Waals surface area contributed by atoms with Crippen molar-refractivity contribution in [3.8, 4) is 0 Å². The number of rotatable bonds is 6. The highest BCUT2D eigenvalue weighted by molar-refractivity contribution is 7.14. The number of nitrogens with one attached hydrogen (secondary N) is 2. The quantitative estimate of drug-likeness (QED) is 0.842. The molecule has 0 spiro atoms. The molecule has 118 valence electrons. The summed E-state index contributed by atoms with van der Waals surface area (Å²) < 4.78 is 0.384. The van der Waals surface area contributed by atoms with Gasteiger partial charge in [-0.1, -0.05) is 31.5 Å². The molecule has 0 radical (unpaired) electrons. The minimum absolute atomic E-state index is 0.384. The monoisotopic (exact) mass is 339 g/mol. The summed E-state index contributed by atoms with van der Waals surface area (Å²) >= 11 is 6.98. The first kappa shape index (κ1) is 16.7. The smallest absolute Gasteiger partial charge is 0.298 e. The van der Waals surface area contributed by atoms with Gasteiger partial charge in [0.1, 0.15) is 11.6 Å². The molecular formula is C14H18ClN5OS. The van der Waals surface area contributed by atoms with Crippen LogP contribution in [0.1, 0.15) is 19.5 Å². The van der Waals surface area contributed by atoms with Gasteiger partial charge in [-0.3, -0.25) is 15.5 Å². The van der Waals surface area contributed by atoms with Gasteiger partial charge in [0.2, 0.25) is 0 Å². The van der Waals surface area contributed by atoms with Crippen molar-refractivity contribution < 1.29 is 4.79 Å². The molecule has 0 saturated heterocycles. The highest BCUT2D eigenvalue weighted by atomic mass is 35.5. The van der Waals surface area contributed by atoms with E-state index in [1.807, 2.05) is 12.1 Å². The largest absolute Gasteiger partial charge is 0.326 e. The normalized spacial score (nSPS) is 10.7. The van der Waals surface area contributed by atoms with Crippen molar-refractivity contribution in [2.75, 3.05) is 23.7 Å². The van der Waals surface area contributed by atoms with Crippen molar-refractivity contribution in [3.63, 3.8) is 0 Å². The van der Waals surface area contributed by atoms with Crippen molar-refractivity contribution >= 4 is 40.6 Å². The van der Waals surface area contributed by atoms with Gasteiger partial charge in [0.25, 0.3) is 0 Å². The van der Waals surface area contributed by atoms with Crippen LogP contribution in [-0.4, -0.2) is 34.0 Å². The van der Waals surface area contributed by atoms with E-state index in [4.69, 9.17) is 11.6 Å². The topological polar surface area (TPSA) is 70.2 Å². The van der Waals surface area contributed by atoms with Crippen LogP contribution in [-0.2, 0) is 6.54 Å². The van der Waals surface area contributed by atoms with E-state index < -0.39 is 6.03 Å². The maximum absolute atomic E-state index is 11.9. The molecule has 2 heterocycles. The third-order valence-electron chi connectivity index (χ3n) is 3.05. The standard InChI is InChI=1S/C14H18ClN5OS/c1-3-20(4-2)8-10-6-5-7-11(16-10)18-14(21)19-12-9-22-13(15)17-12/h5-7,9H,3-4,8H2,1-2H3,(H2,16,18,19,21). The molecule has 0 fully saturated rings. The Labute approximate surface area is 138 Å². The lowest BCUT2D eigenvalue weighted by Gasteiger charge is -2.17. The number of amides is 2. The number of halogens is 1. The molecule has 0 saturated carbocycles. The van der Waals surface area contributed by atoms with Crippen molar-refractivity contribution in [2.24, 2.45) is 0 Å². The third kappa shape index (κ3) is 4.94. The summed E-state index contributed by atoms with van der Waals surface area (Å²) in [7, 11) is 0. The first-order valence-electron chi connectivity index (χ1n) is 6.98. The van der Waals surface area contributed by atoms with Crippen molar-refractivity contribution in [1.82, 2.24) is 14.9 Å². The molecule has 2 N–H and O–H groups in total. The molecule has 2 aromatic heterocycles. The van der Waals surface area contributed by atoms with Crippen LogP contribution in [0.3, 0.4) is 0 Å². The van der Waals surface area contributed by atoms with Gasteiger partial charge in [0, 0.05) is 11.9 Å². The molecule has 2 rings (SSSR count). The van der Waals surface area contributed by atoms with Gasteiger partial charge in [-0.2, -0.15) is 0 Å². The molecule has 8 heteroatoms. The summed E-state index contributed by atoms with van der Waals surface area (Å²) in [6, 6.07) is 5.18. The van der Waals surface area contributed by atoms with Crippen molar-refractivity contribution in [2.45, 2.75) is 20.4 Å². The van der Waals surface area contributed by atoms with Crippen LogP contribution in [0.15, 0.2) is 23.6 Å². The van der Waals surface area contributed by atoms with E-state index in [2.05, 4.69) is 39.3 Å². The van der Waals surface area contributed by atoms with E-state index in [0.717, 1.165) is 25.3 Å². The second kappa shape index (κ2) is 8.07. The Bertz CT molecular complexity index is 629. The zero-order valence-electron chi connectivity index (χ0n) is 12.5. The van der Waals surface area contributed by atoms with Crippen LogP contribution >= 0.6 is 22.9 Å². The van der Waals surface area contributed by atoms with Crippen LogP contribution in [0.25, 0.3) is 0 Å². The molecule has 22 heavy (non-hydrogen) atoms. The fraction of sp³-hybridized carbons (Fsp3) is 0.357. The van der Waals surface area contributed by atoms with Gasteiger partial charge < -0.3 is 0 Å².